The highest BCUT2D eigenvalue weighted by molar-refractivity contribution is 5.95. The van der Waals surface area contributed by atoms with Crippen LogP contribution in [0.15, 0.2) is 24.3 Å². The van der Waals surface area contributed by atoms with Gasteiger partial charge in [-0.15, -0.1) is 0 Å². The van der Waals surface area contributed by atoms with Crippen LogP contribution in [0.3, 0.4) is 0 Å². The van der Waals surface area contributed by atoms with Gasteiger partial charge in [0.1, 0.15) is 5.75 Å². The first kappa shape index (κ1) is 10.6. The Labute approximate surface area is 100 Å². The predicted octanol–water partition coefficient (Wildman–Crippen LogP) is 1.80. The molecule has 1 saturated carbocycles. The van der Waals surface area contributed by atoms with Crippen LogP contribution < -0.4 is 10.4 Å². The molecule has 1 aliphatic carbocycles. The van der Waals surface area contributed by atoms with Crippen molar-refractivity contribution >= 4 is 11.6 Å². The third kappa shape index (κ3) is 1.78. The number of phenolic OH excluding ortho intramolecular Hbond substituents is 1. The Morgan fingerprint density at radius 1 is 1.47 bits per heavy atom. The van der Waals surface area contributed by atoms with Gasteiger partial charge in [-0.2, -0.15) is 0 Å². The van der Waals surface area contributed by atoms with E-state index in [0.29, 0.717) is 18.0 Å². The molecule has 2 aliphatic rings. The summed E-state index contributed by atoms with van der Waals surface area (Å²) in [5, 5.41) is 11.0. The lowest BCUT2D eigenvalue weighted by Crippen LogP contribution is -2.45. The predicted molar refractivity (Wildman–Crippen MR) is 64.5 cm³/mol. The molecule has 0 radical (unpaired) electrons. The number of carbonyl (C=O) groups excluding carboxylic acids is 1. The third-order valence-electron chi connectivity index (χ3n) is 3.70. The fourth-order valence-corrected chi connectivity index (χ4v) is 2.55. The van der Waals surface area contributed by atoms with Gasteiger partial charge < -0.3 is 5.11 Å². The average molecular weight is 232 g/mol. The van der Waals surface area contributed by atoms with Crippen molar-refractivity contribution < 1.29 is 9.90 Å². The molecule has 0 bridgehead atoms. The van der Waals surface area contributed by atoms with Crippen molar-refractivity contribution in [2.45, 2.75) is 31.7 Å². The molecule has 2 N–H and O–H groups in total. The molecule has 2 fully saturated rings. The third-order valence-corrected chi connectivity index (χ3v) is 3.70. The summed E-state index contributed by atoms with van der Waals surface area (Å²) in [6.07, 6.45) is 2.93. The second kappa shape index (κ2) is 3.47. The summed E-state index contributed by atoms with van der Waals surface area (Å²) in [7, 11) is 0. The molecule has 17 heavy (non-hydrogen) atoms. The number of nitrogens with one attached hydrogen (secondary N) is 1. The van der Waals surface area contributed by atoms with Crippen LogP contribution in [0.5, 0.6) is 5.75 Å². The minimum absolute atomic E-state index is 0.0741. The standard InChI is InChI=1S/C13H16N2O2/c1-13(9-5-6-9)8-12(17)15(14-13)10-3-2-4-11(16)7-10/h2-4,7,9,14,16H,5-6,8H2,1H3. The van der Waals surface area contributed by atoms with E-state index >= 15 is 0 Å². The van der Waals surface area contributed by atoms with Crippen molar-refractivity contribution in [2.24, 2.45) is 5.92 Å². The van der Waals surface area contributed by atoms with Crippen LogP contribution in [0.1, 0.15) is 26.2 Å². The number of hydrogen-bond acceptors (Lipinski definition) is 3. The maximum absolute atomic E-state index is 12.0. The molecule has 0 aromatic heterocycles. The lowest BCUT2D eigenvalue weighted by molar-refractivity contribution is -0.117. The van der Waals surface area contributed by atoms with Crippen LogP contribution in [0.4, 0.5) is 5.69 Å². The number of hydrazine groups is 1. The van der Waals surface area contributed by atoms with Gasteiger partial charge in [0.2, 0.25) is 5.91 Å². The minimum Gasteiger partial charge on any atom is -0.508 e. The van der Waals surface area contributed by atoms with Gasteiger partial charge in [-0.25, -0.2) is 10.4 Å². The number of anilines is 1. The maximum atomic E-state index is 12.0. The summed E-state index contributed by atoms with van der Waals surface area (Å²) in [6.45, 7) is 2.10. The van der Waals surface area contributed by atoms with Crippen molar-refractivity contribution in [3.8, 4) is 5.75 Å². The van der Waals surface area contributed by atoms with Gasteiger partial charge in [-0.1, -0.05) is 6.07 Å². The summed E-state index contributed by atoms with van der Waals surface area (Å²) < 4.78 is 0. The molecular weight excluding hydrogens is 216 g/mol. The zero-order chi connectivity index (χ0) is 12.0. The van der Waals surface area contributed by atoms with Gasteiger partial charge in [0.15, 0.2) is 0 Å². The van der Waals surface area contributed by atoms with E-state index in [1.165, 1.54) is 12.8 Å². The molecule has 1 saturated heterocycles. The van der Waals surface area contributed by atoms with Crippen LogP contribution in [0, 0.1) is 5.92 Å². The molecule has 3 rings (SSSR count). The first-order valence-electron chi connectivity index (χ1n) is 5.98. The van der Waals surface area contributed by atoms with E-state index in [9.17, 15) is 9.90 Å². The summed E-state index contributed by atoms with van der Waals surface area (Å²) in [5.74, 6) is 0.857. The molecule has 1 aliphatic heterocycles. The van der Waals surface area contributed by atoms with Crippen molar-refractivity contribution in [2.75, 3.05) is 5.01 Å². The molecule has 4 heteroatoms. The molecule has 90 valence electrons. The summed E-state index contributed by atoms with van der Waals surface area (Å²) >= 11 is 0. The smallest absolute Gasteiger partial charge is 0.243 e. The Morgan fingerprint density at radius 3 is 2.88 bits per heavy atom. The van der Waals surface area contributed by atoms with Crippen molar-refractivity contribution in [3.63, 3.8) is 0 Å². The molecular formula is C13H16N2O2. The Balaban J connectivity index is 1.87. The monoisotopic (exact) mass is 232 g/mol. The van der Waals surface area contributed by atoms with E-state index in [4.69, 9.17) is 0 Å². The Hall–Kier alpha value is -1.55. The van der Waals surface area contributed by atoms with Gasteiger partial charge >= 0.3 is 0 Å². The van der Waals surface area contributed by atoms with Crippen LogP contribution in [0.25, 0.3) is 0 Å². The number of carbonyl (C=O) groups is 1. The zero-order valence-electron chi connectivity index (χ0n) is 9.81. The molecule has 1 atom stereocenters. The molecule has 4 nitrogen and oxygen atoms in total. The first-order chi connectivity index (χ1) is 8.08. The molecule has 1 heterocycles. The number of amides is 1. The number of hydrogen-bond donors (Lipinski definition) is 2. The molecule has 1 aromatic rings. The summed E-state index contributed by atoms with van der Waals surface area (Å²) in [4.78, 5) is 12.0. The Kier molecular flexibility index (Phi) is 2.16. The number of phenols is 1. The maximum Gasteiger partial charge on any atom is 0.243 e. The number of rotatable bonds is 2. The first-order valence-corrected chi connectivity index (χ1v) is 5.98. The van der Waals surface area contributed by atoms with Crippen LogP contribution in [0.2, 0.25) is 0 Å². The number of aromatic hydroxyl groups is 1. The van der Waals surface area contributed by atoms with Gasteiger partial charge in [-0.05, 0) is 37.8 Å². The fraction of sp³-hybridized carbons (Fsp3) is 0.462. The zero-order valence-corrected chi connectivity index (χ0v) is 9.81. The Morgan fingerprint density at radius 2 is 2.24 bits per heavy atom. The second-order valence-electron chi connectivity index (χ2n) is 5.23. The quantitative estimate of drug-likeness (QED) is 0.817. The molecule has 1 amide bonds. The van der Waals surface area contributed by atoms with E-state index < -0.39 is 0 Å². The number of nitrogens with zero attached hydrogens (tertiary/aromatic N) is 1. The van der Waals surface area contributed by atoms with Gasteiger partial charge in [0, 0.05) is 18.0 Å². The van der Waals surface area contributed by atoms with Crippen LogP contribution in [-0.4, -0.2) is 16.6 Å². The average Bonchev–Trinajstić information content (AvgIpc) is 3.06. The van der Waals surface area contributed by atoms with E-state index in [-0.39, 0.29) is 17.2 Å². The summed E-state index contributed by atoms with van der Waals surface area (Å²) in [6, 6.07) is 6.77. The molecule has 1 aromatic carbocycles. The van der Waals surface area contributed by atoms with E-state index in [1.54, 1.807) is 23.2 Å². The van der Waals surface area contributed by atoms with Crippen molar-refractivity contribution in [1.82, 2.24) is 5.43 Å². The molecule has 1 unspecified atom stereocenters. The lowest BCUT2D eigenvalue weighted by Gasteiger charge is -2.25. The second-order valence-corrected chi connectivity index (χ2v) is 5.23. The SMILES string of the molecule is CC1(C2CC2)CC(=O)N(c2cccc(O)c2)N1. The van der Waals surface area contributed by atoms with E-state index in [2.05, 4.69) is 12.3 Å². The van der Waals surface area contributed by atoms with E-state index in [0.717, 1.165) is 0 Å². The van der Waals surface area contributed by atoms with Crippen molar-refractivity contribution in [3.05, 3.63) is 24.3 Å². The highest BCUT2D eigenvalue weighted by Crippen LogP contribution is 2.44. The fourth-order valence-electron chi connectivity index (χ4n) is 2.55. The lowest BCUT2D eigenvalue weighted by atomic mass is 9.94. The van der Waals surface area contributed by atoms with Crippen molar-refractivity contribution in [1.29, 1.82) is 0 Å². The molecule has 0 spiro atoms. The highest BCUT2D eigenvalue weighted by atomic mass is 16.3. The van der Waals surface area contributed by atoms with Gasteiger partial charge in [0.25, 0.3) is 0 Å². The number of benzene rings is 1. The van der Waals surface area contributed by atoms with Crippen LogP contribution in [-0.2, 0) is 4.79 Å². The Bertz CT molecular complexity index is 470. The largest absolute Gasteiger partial charge is 0.508 e. The van der Waals surface area contributed by atoms with Gasteiger partial charge in [-0.3, -0.25) is 4.79 Å². The summed E-state index contributed by atoms with van der Waals surface area (Å²) in [5.41, 5.74) is 3.89. The topological polar surface area (TPSA) is 52.6 Å². The normalized spacial score (nSPS) is 28.8. The van der Waals surface area contributed by atoms with Crippen LogP contribution >= 0.6 is 0 Å². The van der Waals surface area contributed by atoms with Gasteiger partial charge in [0.05, 0.1) is 5.69 Å². The van der Waals surface area contributed by atoms with E-state index in [1.807, 2.05) is 6.07 Å². The highest BCUT2D eigenvalue weighted by Gasteiger charge is 2.49. The minimum atomic E-state index is -0.109.